The minimum absolute atomic E-state index is 0.173. The van der Waals surface area contributed by atoms with Gasteiger partial charge in [0.05, 0.1) is 18.2 Å². The summed E-state index contributed by atoms with van der Waals surface area (Å²) >= 11 is 0. The van der Waals surface area contributed by atoms with E-state index in [4.69, 9.17) is 10.00 Å². The van der Waals surface area contributed by atoms with Crippen molar-refractivity contribution in [3.63, 3.8) is 0 Å². The number of halogens is 1. The van der Waals surface area contributed by atoms with Gasteiger partial charge in [-0.15, -0.1) is 6.58 Å². The molecule has 0 aliphatic carbocycles. The highest BCUT2D eigenvalue weighted by molar-refractivity contribution is 5.80. The molecule has 1 amide bonds. The van der Waals surface area contributed by atoms with Crippen molar-refractivity contribution in [3.8, 4) is 6.07 Å². The molecular formula is C22H23FN2O2. The number of benzene rings is 2. The molecule has 0 aromatic heterocycles. The van der Waals surface area contributed by atoms with Gasteiger partial charge in [-0.05, 0) is 48.7 Å². The van der Waals surface area contributed by atoms with Gasteiger partial charge in [0.1, 0.15) is 11.9 Å². The van der Waals surface area contributed by atoms with E-state index in [1.807, 2.05) is 12.1 Å². The summed E-state index contributed by atoms with van der Waals surface area (Å²) in [5.74, 6) is -0.513. The first kappa shape index (κ1) is 20.3. The summed E-state index contributed by atoms with van der Waals surface area (Å²) in [6.07, 6.45) is 1.78. The summed E-state index contributed by atoms with van der Waals surface area (Å²) in [5, 5.41) is 8.92. The first-order valence-electron chi connectivity index (χ1n) is 8.78. The van der Waals surface area contributed by atoms with E-state index in [0.717, 1.165) is 5.56 Å². The fourth-order valence-corrected chi connectivity index (χ4v) is 2.63. The van der Waals surface area contributed by atoms with E-state index in [-0.39, 0.29) is 18.3 Å². The number of hydrogen-bond acceptors (Lipinski definition) is 3. The zero-order valence-corrected chi connectivity index (χ0v) is 15.4. The van der Waals surface area contributed by atoms with Gasteiger partial charge in [-0.25, -0.2) is 4.39 Å². The topological polar surface area (TPSA) is 53.3 Å². The van der Waals surface area contributed by atoms with E-state index in [2.05, 4.69) is 12.6 Å². The van der Waals surface area contributed by atoms with Crippen molar-refractivity contribution < 1.29 is 13.9 Å². The monoisotopic (exact) mass is 366 g/mol. The Kier molecular flexibility index (Phi) is 7.72. The van der Waals surface area contributed by atoms with Crippen molar-refractivity contribution in [1.29, 1.82) is 5.26 Å². The average Bonchev–Trinajstić information content (AvgIpc) is 2.67. The average molecular weight is 366 g/mol. The zero-order chi connectivity index (χ0) is 19.6. The van der Waals surface area contributed by atoms with Gasteiger partial charge in [-0.3, -0.25) is 4.79 Å². The summed E-state index contributed by atoms with van der Waals surface area (Å²) in [5.41, 5.74) is 2.15. The number of nitriles is 1. The van der Waals surface area contributed by atoms with E-state index in [9.17, 15) is 9.18 Å². The van der Waals surface area contributed by atoms with Gasteiger partial charge in [-0.1, -0.05) is 30.3 Å². The highest BCUT2D eigenvalue weighted by Crippen LogP contribution is 2.14. The molecule has 0 fully saturated rings. The smallest absolute Gasteiger partial charge is 0.252 e. The van der Waals surface area contributed by atoms with Crippen molar-refractivity contribution in [2.45, 2.75) is 32.5 Å². The third-order valence-electron chi connectivity index (χ3n) is 4.07. The number of hydrogen-bond donors (Lipinski definition) is 0. The Morgan fingerprint density at radius 1 is 1.26 bits per heavy atom. The summed E-state index contributed by atoms with van der Waals surface area (Å²) in [6, 6.07) is 15.3. The highest BCUT2D eigenvalue weighted by Gasteiger charge is 2.21. The van der Waals surface area contributed by atoms with Crippen LogP contribution in [0.15, 0.2) is 61.2 Å². The van der Waals surface area contributed by atoms with Crippen LogP contribution in [0, 0.1) is 17.1 Å². The first-order valence-corrected chi connectivity index (χ1v) is 8.78. The Bertz CT molecular complexity index is 812. The standard InChI is InChI=1S/C22H23FN2O2/c1-3-4-12-27-17(2)22(26)25(16-20-6-5-7-21(23)13-20)15-19-10-8-18(14-24)9-11-19/h3,5-11,13,17H,1,4,12,15-16H2,2H3. The fourth-order valence-electron chi connectivity index (χ4n) is 2.63. The first-order chi connectivity index (χ1) is 13.0. The molecule has 5 heteroatoms. The van der Waals surface area contributed by atoms with Crippen LogP contribution in [-0.4, -0.2) is 23.5 Å². The van der Waals surface area contributed by atoms with Gasteiger partial charge in [0.15, 0.2) is 0 Å². The lowest BCUT2D eigenvalue weighted by atomic mass is 10.1. The molecule has 140 valence electrons. The number of nitrogens with zero attached hydrogens (tertiary/aromatic N) is 2. The largest absolute Gasteiger partial charge is 0.368 e. The van der Waals surface area contributed by atoms with Crippen LogP contribution in [0.5, 0.6) is 0 Å². The Hall–Kier alpha value is -2.97. The van der Waals surface area contributed by atoms with Gasteiger partial charge in [0.2, 0.25) is 0 Å². The second-order valence-electron chi connectivity index (χ2n) is 6.22. The van der Waals surface area contributed by atoms with Crippen LogP contribution in [0.4, 0.5) is 4.39 Å². The van der Waals surface area contributed by atoms with Crippen LogP contribution in [0.25, 0.3) is 0 Å². The molecule has 0 saturated heterocycles. The molecule has 2 rings (SSSR count). The van der Waals surface area contributed by atoms with Crippen LogP contribution in [0.1, 0.15) is 30.0 Å². The van der Waals surface area contributed by atoms with E-state index in [0.29, 0.717) is 30.7 Å². The van der Waals surface area contributed by atoms with E-state index in [1.54, 1.807) is 42.2 Å². The van der Waals surface area contributed by atoms with Crippen LogP contribution >= 0.6 is 0 Å². The molecule has 0 aliphatic heterocycles. The van der Waals surface area contributed by atoms with Crippen molar-refractivity contribution in [1.82, 2.24) is 4.90 Å². The van der Waals surface area contributed by atoms with Crippen molar-refractivity contribution in [3.05, 3.63) is 83.7 Å². The molecule has 2 aromatic carbocycles. The van der Waals surface area contributed by atoms with Gasteiger partial charge in [0, 0.05) is 13.1 Å². The predicted octanol–water partition coefficient (Wildman–Crippen LogP) is 4.21. The summed E-state index contributed by atoms with van der Waals surface area (Å²) in [6.45, 7) is 6.38. The van der Waals surface area contributed by atoms with Crippen LogP contribution < -0.4 is 0 Å². The molecule has 1 atom stereocenters. The Morgan fingerprint density at radius 2 is 1.96 bits per heavy atom. The molecule has 27 heavy (non-hydrogen) atoms. The van der Waals surface area contributed by atoms with Gasteiger partial charge in [-0.2, -0.15) is 5.26 Å². The number of rotatable bonds is 9. The fraction of sp³-hybridized carbons (Fsp3) is 0.273. The second-order valence-corrected chi connectivity index (χ2v) is 6.22. The molecular weight excluding hydrogens is 343 g/mol. The maximum atomic E-state index is 13.5. The lowest BCUT2D eigenvalue weighted by molar-refractivity contribution is -0.143. The zero-order valence-electron chi connectivity index (χ0n) is 15.4. The van der Waals surface area contributed by atoms with E-state index >= 15 is 0 Å². The Labute approximate surface area is 159 Å². The number of ether oxygens (including phenoxy) is 1. The summed E-state index contributed by atoms with van der Waals surface area (Å²) < 4.78 is 19.1. The Balaban J connectivity index is 2.17. The summed E-state index contributed by atoms with van der Waals surface area (Å²) in [4.78, 5) is 14.5. The lowest BCUT2D eigenvalue weighted by Crippen LogP contribution is -2.38. The lowest BCUT2D eigenvalue weighted by Gasteiger charge is -2.26. The minimum atomic E-state index is -0.614. The molecule has 4 nitrogen and oxygen atoms in total. The predicted molar refractivity (Wildman–Crippen MR) is 102 cm³/mol. The quantitative estimate of drug-likeness (QED) is 0.493. The van der Waals surface area contributed by atoms with Crippen molar-refractivity contribution in [2.24, 2.45) is 0 Å². The SMILES string of the molecule is C=CCCOC(C)C(=O)N(Cc1ccc(C#N)cc1)Cc1cccc(F)c1. The number of amides is 1. The highest BCUT2D eigenvalue weighted by atomic mass is 19.1. The number of carbonyl (C=O) groups is 1. The second kappa shape index (κ2) is 10.2. The molecule has 0 heterocycles. The van der Waals surface area contributed by atoms with Crippen molar-refractivity contribution >= 4 is 5.91 Å². The summed E-state index contributed by atoms with van der Waals surface area (Å²) in [7, 11) is 0. The van der Waals surface area contributed by atoms with E-state index < -0.39 is 6.10 Å². The van der Waals surface area contributed by atoms with Gasteiger partial charge in [0.25, 0.3) is 5.91 Å². The van der Waals surface area contributed by atoms with Crippen molar-refractivity contribution in [2.75, 3.05) is 6.61 Å². The van der Waals surface area contributed by atoms with Gasteiger partial charge < -0.3 is 9.64 Å². The molecule has 0 aliphatic rings. The molecule has 2 aromatic rings. The minimum Gasteiger partial charge on any atom is -0.368 e. The molecule has 0 radical (unpaired) electrons. The van der Waals surface area contributed by atoms with Crippen LogP contribution in [0.2, 0.25) is 0 Å². The molecule has 0 spiro atoms. The van der Waals surface area contributed by atoms with Crippen LogP contribution in [-0.2, 0) is 22.6 Å². The molecule has 0 saturated carbocycles. The molecule has 1 unspecified atom stereocenters. The third kappa shape index (κ3) is 6.36. The third-order valence-corrected chi connectivity index (χ3v) is 4.07. The maximum absolute atomic E-state index is 13.5. The maximum Gasteiger partial charge on any atom is 0.252 e. The number of carbonyl (C=O) groups excluding carboxylic acids is 1. The normalized spacial score (nSPS) is 11.4. The Morgan fingerprint density at radius 3 is 2.59 bits per heavy atom. The van der Waals surface area contributed by atoms with E-state index in [1.165, 1.54) is 12.1 Å². The molecule has 0 bridgehead atoms. The van der Waals surface area contributed by atoms with Crippen LogP contribution in [0.3, 0.4) is 0 Å². The molecule has 0 N–H and O–H groups in total. The van der Waals surface area contributed by atoms with Gasteiger partial charge >= 0.3 is 0 Å².